The Hall–Kier alpha value is -8.22. The summed E-state index contributed by atoms with van der Waals surface area (Å²) >= 11 is 0. The fraction of sp³-hybridized carbons (Fsp3) is 0.500. The third kappa shape index (κ3) is 29.2. The number of ether oxygens (including phenoxy) is 5. The van der Waals surface area contributed by atoms with Crippen molar-refractivity contribution in [3.8, 4) is 0 Å². The molecule has 0 fully saturated rings. The number of imidazole rings is 2. The van der Waals surface area contributed by atoms with Crippen molar-refractivity contribution in [3.63, 3.8) is 0 Å². The number of fused-ring (bicyclic) bond motifs is 2. The van der Waals surface area contributed by atoms with Gasteiger partial charge in [0.1, 0.15) is 18.1 Å². The lowest BCUT2D eigenvalue weighted by atomic mass is 10.1. The van der Waals surface area contributed by atoms with Crippen molar-refractivity contribution in [2.24, 2.45) is 5.73 Å². The van der Waals surface area contributed by atoms with Gasteiger partial charge >= 0.3 is 37.4 Å². The summed E-state index contributed by atoms with van der Waals surface area (Å²) in [6.07, 6.45) is 5.44. The van der Waals surface area contributed by atoms with E-state index in [0.29, 0.717) is 89.6 Å². The van der Waals surface area contributed by atoms with Crippen LogP contribution in [0.5, 0.6) is 0 Å². The SMILES string of the molecule is CC(C)OC(=O)[C@@H](N)Cc1ccccc1.CCOC(=O)[C@H](Cc1ccccc1)NP(=O)(CCN(CCCC(=O)OC)CCn1cnc2c(=O)[nH]c(N)nc21)N[C@@H](Cc1ccccc1)C(=O)OCC.CCOP(=O)(CCN(CCCC(=O)OC)CCn1cnc2c(=O)[nH]c(N)nc21)OCC.Cl. The summed E-state index contributed by atoms with van der Waals surface area (Å²) in [5, 5.41) is 6.21. The monoisotopic (exact) mass is 1450 g/mol. The van der Waals surface area contributed by atoms with Crippen molar-refractivity contribution in [3.05, 3.63) is 141 Å². The normalized spacial score (nSPS) is 12.4. The largest absolute Gasteiger partial charge is 0.469 e. The minimum atomic E-state index is -3.84. The van der Waals surface area contributed by atoms with Crippen LogP contribution >= 0.6 is 27.4 Å². The molecule has 3 atom stereocenters. The average molecular weight is 1460 g/mol. The fourth-order valence-corrected chi connectivity index (χ4v) is 14.1. The molecule has 10 N–H and O–H groups in total. The van der Waals surface area contributed by atoms with Crippen molar-refractivity contribution < 1.29 is 65.8 Å². The van der Waals surface area contributed by atoms with Gasteiger partial charge in [0.15, 0.2) is 22.3 Å². The molecule has 0 amide bonds. The number of benzene rings is 3. The second-order valence-corrected chi connectivity index (χ2v) is 27.5. The number of hydrogen-bond acceptors (Lipinski definition) is 25. The number of nitrogen functional groups attached to an aromatic ring is 2. The molecule has 3 aromatic carbocycles. The van der Waals surface area contributed by atoms with Crippen molar-refractivity contribution in [2.75, 3.05) is 104 Å². The molecule has 34 heteroatoms. The lowest BCUT2D eigenvalue weighted by molar-refractivity contribution is -0.149. The Labute approximate surface area is 588 Å². The number of carbonyl (C=O) groups excluding carboxylic acids is 5. The number of aromatic nitrogens is 8. The highest BCUT2D eigenvalue weighted by Crippen LogP contribution is 2.47. The first-order valence-corrected chi connectivity index (χ1v) is 36.5. The zero-order chi connectivity index (χ0) is 72.3. The van der Waals surface area contributed by atoms with Gasteiger partial charge in [-0.3, -0.25) is 52.7 Å². The zero-order valence-corrected chi connectivity index (χ0v) is 60.7. The smallest absolute Gasteiger partial charge is 0.331 e. The molecule has 0 aliphatic rings. The van der Waals surface area contributed by atoms with Gasteiger partial charge in [-0.1, -0.05) is 91.0 Å². The zero-order valence-electron chi connectivity index (χ0n) is 58.1. The number of aromatic amines is 2. The van der Waals surface area contributed by atoms with E-state index in [4.69, 9.17) is 49.9 Å². The molecule has 0 aliphatic heterocycles. The molecule has 4 aromatic heterocycles. The molecular formula is C66H98ClN15O16P2. The van der Waals surface area contributed by atoms with Gasteiger partial charge in [0.05, 0.1) is 65.6 Å². The van der Waals surface area contributed by atoms with E-state index in [0.717, 1.165) is 16.7 Å². The summed E-state index contributed by atoms with van der Waals surface area (Å²) in [4.78, 5) is 112. The molecule has 4 heterocycles. The summed E-state index contributed by atoms with van der Waals surface area (Å²) in [6, 6.07) is 25.6. The second kappa shape index (κ2) is 44.1. The van der Waals surface area contributed by atoms with E-state index in [9.17, 15) is 38.1 Å². The molecule has 7 rings (SSSR count). The highest BCUT2D eigenvalue weighted by Gasteiger charge is 2.36. The Morgan fingerprint density at radius 2 is 0.950 bits per heavy atom. The summed E-state index contributed by atoms with van der Waals surface area (Å²) in [5.74, 6) is -2.19. The maximum Gasteiger partial charge on any atom is 0.331 e. The van der Waals surface area contributed by atoms with Gasteiger partial charge in [0, 0.05) is 58.3 Å². The molecule has 0 radical (unpaired) electrons. The van der Waals surface area contributed by atoms with Crippen LogP contribution in [0.1, 0.15) is 83.9 Å². The highest BCUT2D eigenvalue weighted by molar-refractivity contribution is 7.60. The van der Waals surface area contributed by atoms with Crippen molar-refractivity contribution >= 4 is 91.5 Å². The molecule has 31 nitrogen and oxygen atoms in total. The number of rotatable bonds is 40. The number of nitrogens with zero attached hydrogens (tertiary/aromatic N) is 8. The van der Waals surface area contributed by atoms with Crippen LogP contribution in [0.15, 0.2) is 113 Å². The van der Waals surface area contributed by atoms with Gasteiger partial charge in [0.25, 0.3) is 11.1 Å². The lowest BCUT2D eigenvalue weighted by Crippen LogP contribution is -2.47. The number of halogens is 1. The minimum absolute atomic E-state index is 0. The van der Waals surface area contributed by atoms with Crippen molar-refractivity contribution in [2.45, 2.75) is 124 Å². The van der Waals surface area contributed by atoms with Gasteiger partial charge in [-0.2, -0.15) is 9.97 Å². The number of anilines is 2. The average Bonchev–Trinajstić information content (AvgIpc) is 1.74. The number of esters is 5. The third-order valence-electron chi connectivity index (χ3n) is 14.9. The quantitative estimate of drug-likeness (QED) is 0.0135. The van der Waals surface area contributed by atoms with E-state index in [1.165, 1.54) is 26.9 Å². The Morgan fingerprint density at radius 1 is 0.560 bits per heavy atom. The maximum atomic E-state index is 15.2. The van der Waals surface area contributed by atoms with Gasteiger partial charge < -0.3 is 68.9 Å². The molecular weight excluding hydrogens is 1360 g/mol. The Morgan fingerprint density at radius 3 is 1.32 bits per heavy atom. The van der Waals surface area contributed by atoms with Crippen LogP contribution in [-0.4, -0.2) is 195 Å². The van der Waals surface area contributed by atoms with Gasteiger partial charge in [-0.25, -0.2) is 20.1 Å². The molecule has 0 saturated carbocycles. The van der Waals surface area contributed by atoms with E-state index < -0.39 is 56.2 Å². The number of H-pyrrole nitrogens is 2. The Kier molecular flexibility index (Phi) is 37.1. The molecule has 0 aliphatic carbocycles. The summed E-state index contributed by atoms with van der Waals surface area (Å²) in [7, 11) is -4.35. The molecule has 550 valence electrons. The van der Waals surface area contributed by atoms with Crippen LogP contribution < -0.4 is 38.5 Å². The first kappa shape index (κ1) is 84.2. The van der Waals surface area contributed by atoms with Crippen molar-refractivity contribution in [1.82, 2.24) is 59.0 Å². The van der Waals surface area contributed by atoms with E-state index in [1.54, 1.807) is 36.8 Å². The molecule has 0 unspecified atom stereocenters. The van der Waals surface area contributed by atoms with E-state index >= 15 is 4.57 Å². The van der Waals surface area contributed by atoms with Crippen LogP contribution in [0.4, 0.5) is 11.9 Å². The standard InChI is InChI=1S/C36H49N8O8P.C18H31N6O6P.C12H17NO2.ClH/c1-4-51-34(47)28(23-26-13-8-6-9-14-26)41-53(49,42-29(35(48)52-5-2)24-27-15-10-7-11-16-27)22-21-43(18-12-17-30(45)50-3)19-20-44-25-38-31-32(44)39-36(37)40-33(31)46;1-4-29-31(27,30-5-2)12-11-23(8-6-7-14(25)28-3)9-10-24-13-20-15-16(24)21-18(19)22-17(15)26;1-9(2)15-12(14)11(13)8-10-6-4-3-5-7-10;/h6-11,13-16,25,28-29H,4-5,12,17-24H2,1-3H3,(H2,41,42,49)(H3,37,39,40,46);13H,4-12H2,1-3H3,(H3,19,21,22,26);3-7,9,11H,8,13H2,1-2H3;1H/t28-,29-;;11-;/m0.0./s1. The number of nitrogens with two attached hydrogens (primary N) is 3. The second-order valence-electron chi connectivity index (χ2n) is 22.8. The Bertz CT molecular complexity index is 3770. The summed E-state index contributed by atoms with van der Waals surface area (Å²) in [6.45, 7) is 14.7. The number of nitrogens with one attached hydrogen (secondary N) is 4. The van der Waals surface area contributed by atoms with Gasteiger partial charge in [-0.05, 0) is 103 Å². The summed E-state index contributed by atoms with van der Waals surface area (Å²) < 4.78 is 67.6. The Balaban J connectivity index is 0.000000377. The first-order chi connectivity index (χ1) is 47.4. The van der Waals surface area contributed by atoms with Crippen LogP contribution in [0.2, 0.25) is 0 Å². The molecule has 7 aromatic rings. The van der Waals surface area contributed by atoms with Crippen LogP contribution in [0.25, 0.3) is 22.3 Å². The number of hydrogen-bond donors (Lipinski definition) is 7. The molecule has 0 saturated heterocycles. The van der Waals surface area contributed by atoms with Crippen LogP contribution in [-0.2, 0) is 98.2 Å². The molecule has 100 heavy (non-hydrogen) atoms. The van der Waals surface area contributed by atoms with Crippen molar-refractivity contribution in [1.29, 1.82) is 0 Å². The minimum Gasteiger partial charge on any atom is -0.469 e. The van der Waals surface area contributed by atoms with Gasteiger partial charge in [0.2, 0.25) is 19.3 Å². The lowest BCUT2D eigenvalue weighted by Gasteiger charge is -2.31. The fourth-order valence-electron chi connectivity index (χ4n) is 10.1. The molecule has 0 spiro atoms. The van der Waals surface area contributed by atoms with E-state index in [1.807, 2.05) is 110 Å². The maximum absolute atomic E-state index is 15.2. The van der Waals surface area contributed by atoms with Gasteiger partial charge in [-0.15, -0.1) is 12.4 Å². The predicted molar refractivity (Wildman–Crippen MR) is 383 cm³/mol. The van der Waals surface area contributed by atoms with Crippen LogP contribution in [0.3, 0.4) is 0 Å². The van der Waals surface area contributed by atoms with E-state index in [-0.39, 0.29) is 117 Å². The third-order valence-corrected chi connectivity index (χ3v) is 19.3. The number of methoxy groups -OCH3 is 2. The predicted octanol–water partition coefficient (Wildman–Crippen LogP) is 5.83. The first-order valence-electron chi connectivity index (χ1n) is 32.9. The highest BCUT2D eigenvalue weighted by atomic mass is 35.5. The summed E-state index contributed by atoms with van der Waals surface area (Å²) in [5.41, 5.74) is 20.1. The van der Waals surface area contributed by atoms with Crippen LogP contribution in [0, 0.1) is 0 Å². The topological polar surface area (TPSA) is 420 Å². The number of carbonyl (C=O) groups is 5. The molecule has 0 bridgehead atoms. The van der Waals surface area contributed by atoms with E-state index in [2.05, 4.69) is 45.0 Å².